The van der Waals surface area contributed by atoms with Gasteiger partial charge in [-0.15, -0.1) is 11.3 Å². The standard InChI is InChI=1S/C23H33N3O2S/c1-4-24-22(25-12-9-19-6-5-15-29-19)26-17-23(10-13-28-14-11-23)20-16-18(2)7-8-21(20)27-3/h5-8,15-16H,4,9-14,17H2,1-3H3,(H2,24,25,26). The van der Waals surface area contributed by atoms with Crippen molar-refractivity contribution in [3.63, 3.8) is 0 Å². The predicted octanol–water partition coefficient (Wildman–Crippen LogP) is 3.91. The van der Waals surface area contributed by atoms with Crippen LogP contribution in [-0.4, -0.2) is 45.9 Å². The van der Waals surface area contributed by atoms with E-state index in [2.05, 4.69) is 60.2 Å². The Labute approximate surface area is 178 Å². The third-order valence-corrected chi connectivity index (χ3v) is 6.44. The third kappa shape index (κ3) is 5.73. The number of nitrogens with one attached hydrogen (secondary N) is 2. The molecule has 2 heterocycles. The van der Waals surface area contributed by atoms with E-state index in [4.69, 9.17) is 14.5 Å². The molecule has 158 valence electrons. The molecule has 0 saturated carbocycles. The van der Waals surface area contributed by atoms with E-state index < -0.39 is 0 Å². The second kappa shape index (κ2) is 10.6. The molecule has 3 rings (SSSR count). The Hall–Kier alpha value is -2.05. The number of methoxy groups -OCH3 is 1. The molecule has 1 aromatic heterocycles. The van der Waals surface area contributed by atoms with Crippen molar-refractivity contribution in [1.82, 2.24) is 10.6 Å². The lowest BCUT2D eigenvalue weighted by atomic mass is 9.73. The van der Waals surface area contributed by atoms with Gasteiger partial charge in [-0.1, -0.05) is 23.8 Å². The largest absolute Gasteiger partial charge is 0.496 e. The van der Waals surface area contributed by atoms with Crippen molar-refractivity contribution in [3.05, 3.63) is 51.7 Å². The molecular weight excluding hydrogens is 382 g/mol. The van der Waals surface area contributed by atoms with E-state index in [1.54, 1.807) is 18.4 Å². The first-order valence-electron chi connectivity index (χ1n) is 10.4. The van der Waals surface area contributed by atoms with Crippen LogP contribution in [0.4, 0.5) is 0 Å². The van der Waals surface area contributed by atoms with Crippen LogP contribution < -0.4 is 15.4 Å². The van der Waals surface area contributed by atoms with Gasteiger partial charge in [-0.3, -0.25) is 4.99 Å². The van der Waals surface area contributed by atoms with Gasteiger partial charge in [0.05, 0.1) is 13.7 Å². The maximum absolute atomic E-state index is 5.72. The first-order valence-corrected chi connectivity index (χ1v) is 11.3. The summed E-state index contributed by atoms with van der Waals surface area (Å²) in [6, 6.07) is 10.7. The number of hydrogen-bond donors (Lipinski definition) is 2. The van der Waals surface area contributed by atoms with Crippen LogP contribution >= 0.6 is 11.3 Å². The van der Waals surface area contributed by atoms with Crippen molar-refractivity contribution in [3.8, 4) is 5.75 Å². The molecule has 2 aromatic rings. The highest BCUT2D eigenvalue weighted by Crippen LogP contribution is 2.40. The minimum Gasteiger partial charge on any atom is -0.496 e. The van der Waals surface area contributed by atoms with E-state index in [1.807, 2.05) is 0 Å². The molecular formula is C23H33N3O2S. The molecule has 6 heteroatoms. The Morgan fingerprint density at radius 2 is 2.07 bits per heavy atom. The van der Waals surface area contributed by atoms with Crippen LogP contribution in [0.15, 0.2) is 40.7 Å². The second-order valence-electron chi connectivity index (χ2n) is 7.55. The average Bonchev–Trinajstić information content (AvgIpc) is 3.26. The van der Waals surface area contributed by atoms with Crippen molar-refractivity contribution >= 4 is 17.3 Å². The Kier molecular flexibility index (Phi) is 7.95. The summed E-state index contributed by atoms with van der Waals surface area (Å²) in [7, 11) is 1.75. The molecule has 1 aliphatic heterocycles. The van der Waals surface area contributed by atoms with Gasteiger partial charge in [0, 0.05) is 42.2 Å². The third-order valence-electron chi connectivity index (χ3n) is 5.50. The highest BCUT2D eigenvalue weighted by atomic mass is 32.1. The lowest BCUT2D eigenvalue weighted by molar-refractivity contribution is 0.0522. The van der Waals surface area contributed by atoms with E-state index in [9.17, 15) is 0 Å². The van der Waals surface area contributed by atoms with Crippen LogP contribution in [0.3, 0.4) is 0 Å². The second-order valence-corrected chi connectivity index (χ2v) is 8.58. The zero-order valence-electron chi connectivity index (χ0n) is 17.8. The molecule has 1 aliphatic rings. The normalized spacial score (nSPS) is 16.4. The molecule has 29 heavy (non-hydrogen) atoms. The number of guanidine groups is 1. The maximum atomic E-state index is 5.72. The summed E-state index contributed by atoms with van der Waals surface area (Å²) in [4.78, 5) is 6.38. The number of thiophene rings is 1. The van der Waals surface area contributed by atoms with Crippen LogP contribution in [0.1, 0.15) is 35.8 Å². The number of rotatable bonds is 8. The fraction of sp³-hybridized carbons (Fsp3) is 0.522. The summed E-state index contributed by atoms with van der Waals surface area (Å²) >= 11 is 1.80. The van der Waals surface area contributed by atoms with Gasteiger partial charge in [-0.25, -0.2) is 0 Å². The minimum absolute atomic E-state index is 0.0638. The van der Waals surface area contributed by atoms with Crippen LogP contribution in [-0.2, 0) is 16.6 Å². The van der Waals surface area contributed by atoms with Crippen molar-refractivity contribution in [2.24, 2.45) is 4.99 Å². The molecule has 1 saturated heterocycles. The van der Waals surface area contributed by atoms with Crippen molar-refractivity contribution in [1.29, 1.82) is 0 Å². The predicted molar refractivity (Wildman–Crippen MR) is 121 cm³/mol. The summed E-state index contributed by atoms with van der Waals surface area (Å²) in [5.41, 5.74) is 2.43. The molecule has 0 atom stereocenters. The average molecular weight is 416 g/mol. The molecule has 0 bridgehead atoms. The summed E-state index contributed by atoms with van der Waals surface area (Å²) < 4.78 is 11.4. The van der Waals surface area contributed by atoms with Gasteiger partial charge in [0.15, 0.2) is 5.96 Å². The maximum Gasteiger partial charge on any atom is 0.191 e. The van der Waals surface area contributed by atoms with Gasteiger partial charge in [0.25, 0.3) is 0 Å². The van der Waals surface area contributed by atoms with Gasteiger partial charge in [-0.2, -0.15) is 0 Å². The molecule has 5 nitrogen and oxygen atoms in total. The van der Waals surface area contributed by atoms with Gasteiger partial charge in [0.2, 0.25) is 0 Å². The molecule has 2 N–H and O–H groups in total. The first kappa shape index (κ1) is 21.7. The molecule has 0 aliphatic carbocycles. The topological polar surface area (TPSA) is 54.9 Å². The van der Waals surface area contributed by atoms with E-state index in [0.717, 1.165) is 57.3 Å². The zero-order valence-corrected chi connectivity index (χ0v) is 18.6. The van der Waals surface area contributed by atoms with Gasteiger partial charge < -0.3 is 20.1 Å². The monoisotopic (exact) mass is 415 g/mol. The van der Waals surface area contributed by atoms with Crippen molar-refractivity contribution in [2.75, 3.05) is 40.0 Å². The fourth-order valence-corrected chi connectivity index (χ4v) is 4.55. The highest BCUT2D eigenvalue weighted by molar-refractivity contribution is 7.09. The molecule has 0 spiro atoms. The van der Waals surface area contributed by atoms with Crippen LogP contribution in [0.25, 0.3) is 0 Å². The Morgan fingerprint density at radius 1 is 1.24 bits per heavy atom. The molecule has 0 amide bonds. The van der Waals surface area contributed by atoms with E-state index >= 15 is 0 Å². The number of ether oxygens (including phenoxy) is 2. The Morgan fingerprint density at radius 3 is 2.76 bits per heavy atom. The summed E-state index contributed by atoms with van der Waals surface area (Å²) in [6.45, 7) is 8.18. The highest BCUT2D eigenvalue weighted by Gasteiger charge is 2.37. The van der Waals surface area contributed by atoms with Crippen molar-refractivity contribution in [2.45, 2.75) is 38.5 Å². The van der Waals surface area contributed by atoms with Crippen LogP contribution in [0.2, 0.25) is 0 Å². The van der Waals surface area contributed by atoms with Crippen LogP contribution in [0, 0.1) is 6.92 Å². The number of hydrogen-bond acceptors (Lipinski definition) is 4. The zero-order chi connectivity index (χ0) is 20.5. The lowest BCUT2D eigenvalue weighted by Gasteiger charge is -2.37. The molecule has 1 aromatic carbocycles. The number of benzene rings is 1. The molecule has 0 unspecified atom stereocenters. The molecule has 1 fully saturated rings. The number of aryl methyl sites for hydroxylation is 1. The summed E-state index contributed by atoms with van der Waals surface area (Å²) in [5, 5.41) is 9.00. The van der Waals surface area contributed by atoms with Crippen LogP contribution in [0.5, 0.6) is 5.75 Å². The Bertz CT molecular complexity index is 783. The quantitative estimate of drug-likeness (QED) is 0.507. The van der Waals surface area contributed by atoms with Gasteiger partial charge >= 0.3 is 0 Å². The Balaban J connectivity index is 1.78. The molecule has 0 radical (unpaired) electrons. The van der Waals surface area contributed by atoms with Gasteiger partial charge in [0.1, 0.15) is 5.75 Å². The smallest absolute Gasteiger partial charge is 0.191 e. The SMILES string of the molecule is CCNC(=NCC1(c2cc(C)ccc2OC)CCOCC1)NCCc1cccs1. The number of aliphatic imine (C=N–C) groups is 1. The van der Waals surface area contributed by atoms with E-state index in [1.165, 1.54) is 16.0 Å². The fourth-order valence-electron chi connectivity index (χ4n) is 3.84. The van der Waals surface area contributed by atoms with Crippen molar-refractivity contribution < 1.29 is 9.47 Å². The van der Waals surface area contributed by atoms with E-state index in [-0.39, 0.29) is 5.41 Å². The van der Waals surface area contributed by atoms with Gasteiger partial charge in [-0.05, 0) is 50.6 Å². The van der Waals surface area contributed by atoms with E-state index in [0.29, 0.717) is 6.54 Å². The lowest BCUT2D eigenvalue weighted by Crippen LogP contribution is -2.42. The summed E-state index contributed by atoms with van der Waals surface area (Å²) in [6.07, 6.45) is 2.91. The minimum atomic E-state index is -0.0638. The first-order chi connectivity index (χ1) is 14.2. The summed E-state index contributed by atoms with van der Waals surface area (Å²) in [5.74, 6) is 1.82. The number of nitrogens with zero attached hydrogens (tertiary/aromatic N) is 1.